The Balaban J connectivity index is 2.04. The molecule has 1 saturated heterocycles. The van der Waals surface area contributed by atoms with E-state index in [1.165, 1.54) is 5.56 Å². The smallest absolute Gasteiger partial charge is 0.0991 e. The Morgan fingerprint density at radius 1 is 1.41 bits per heavy atom. The second-order valence-electron chi connectivity index (χ2n) is 4.38. The van der Waals surface area contributed by atoms with Crippen LogP contribution in [0.2, 0.25) is 0 Å². The molecule has 0 bridgehead atoms. The van der Waals surface area contributed by atoms with Gasteiger partial charge in [-0.05, 0) is 30.2 Å². The summed E-state index contributed by atoms with van der Waals surface area (Å²) >= 11 is 0. The fourth-order valence-corrected chi connectivity index (χ4v) is 3.15. The molecule has 1 heterocycles. The molecule has 0 radical (unpaired) electrons. The molecule has 4 heteroatoms. The monoisotopic (exact) mass is 248 g/mol. The van der Waals surface area contributed by atoms with E-state index < -0.39 is 10.8 Å². The molecular formula is C13H16N2OS. The highest BCUT2D eigenvalue weighted by molar-refractivity contribution is 7.85. The standard InChI is InChI=1S/C13H16N2OS/c1-11-8-12(9-14)2-3-13(11)10-15-4-6-17(16)7-5-15/h2-3,8H,4-7,10H2,1H3. The van der Waals surface area contributed by atoms with E-state index in [9.17, 15) is 4.21 Å². The summed E-state index contributed by atoms with van der Waals surface area (Å²) in [5.41, 5.74) is 3.14. The number of nitriles is 1. The van der Waals surface area contributed by atoms with Gasteiger partial charge in [0.05, 0.1) is 11.6 Å². The first-order valence-electron chi connectivity index (χ1n) is 5.76. The van der Waals surface area contributed by atoms with E-state index in [4.69, 9.17) is 5.26 Å². The van der Waals surface area contributed by atoms with Crippen molar-refractivity contribution in [1.82, 2.24) is 4.90 Å². The molecule has 0 saturated carbocycles. The fraction of sp³-hybridized carbons (Fsp3) is 0.462. The highest BCUT2D eigenvalue weighted by atomic mass is 32.2. The van der Waals surface area contributed by atoms with Crippen LogP contribution in [0.4, 0.5) is 0 Å². The first-order chi connectivity index (χ1) is 8.19. The fourth-order valence-electron chi connectivity index (χ4n) is 2.02. The van der Waals surface area contributed by atoms with Crippen LogP contribution in [0.3, 0.4) is 0 Å². The molecular weight excluding hydrogens is 232 g/mol. The Labute approximate surface area is 105 Å². The zero-order valence-corrected chi connectivity index (χ0v) is 10.8. The summed E-state index contributed by atoms with van der Waals surface area (Å²) in [6.45, 7) is 4.76. The lowest BCUT2D eigenvalue weighted by atomic mass is 10.1. The summed E-state index contributed by atoms with van der Waals surface area (Å²) in [6, 6.07) is 7.97. The van der Waals surface area contributed by atoms with Crippen LogP contribution in [0.1, 0.15) is 16.7 Å². The van der Waals surface area contributed by atoms with Crippen LogP contribution in [-0.2, 0) is 17.3 Å². The van der Waals surface area contributed by atoms with Gasteiger partial charge in [0.15, 0.2) is 0 Å². The Hall–Kier alpha value is -1.18. The topological polar surface area (TPSA) is 44.1 Å². The Kier molecular flexibility index (Phi) is 3.93. The van der Waals surface area contributed by atoms with Crippen molar-refractivity contribution in [1.29, 1.82) is 5.26 Å². The summed E-state index contributed by atoms with van der Waals surface area (Å²) < 4.78 is 11.3. The highest BCUT2D eigenvalue weighted by Crippen LogP contribution is 2.14. The van der Waals surface area contributed by atoms with Gasteiger partial charge in [-0.15, -0.1) is 0 Å². The predicted molar refractivity (Wildman–Crippen MR) is 69.0 cm³/mol. The Bertz CT molecular complexity index is 469. The van der Waals surface area contributed by atoms with Gasteiger partial charge < -0.3 is 0 Å². The lowest BCUT2D eigenvalue weighted by molar-refractivity contribution is 0.291. The third kappa shape index (κ3) is 3.15. The molecule has 1 aliphatic rings. The van der Waals surface area contributed by atoms with Crippen molar-refractivity contribution in [3.05, 3.63) is 34.9 Å². The first kappa shape index (κ1) is 12.3. The predicted octanol–water partition coefficient (Wildman–Crippen LogP) is 1.43. The average Bonchev–Trinajstić information content (AvgIpc) is 2.34. The van der Waals surface area contributed by atoms with Crippen LogP contribution in [0.15, 0.2) is 18.2 Å². The number of hydrogen-bond donors (Lipinski definition) is 0. The van der Waals surface area contributed by atoms with Gasteiger partial charge in [0, 0.05) is 41.9 Å². The maximum absolute atomic E-state index is 11.3. The number of benzene rings is 1. The largest absolute Gasteiger partial charge is 0.297 e. The molecule has 3 nitrogen and oxygen atoms in total. The molecule has 2 rings (SSSR count). The molecule has 1 aromatic rings. The lowest BCUT2D eigenvalue weighted by Crippen LogP contribution is -2.37. The number of hydrogen-bond acceptors (Lipinski definition) is 3. The van der Waals surface area contributed by atoms with Crippen molar-refractivity contribution >= 4 is 10.8 Å². The van der Waals surface area contributed by atoms with Gasteiger partial charge in [-0.1, -0.05) is 6.07 Å². The SMILES string of the molecule is Cc1cc(C#N)ccc1CN1CCS(=O)CC1. The minimum absolute atomic E-state index is 0.614. The third-order valence-electron chi connectivity index (χ3n) is 3.14. The van der Waals surface area contributed by atoms with Gasteiger partial charge in [0.2, 0.25) is 0 Å². The van der Waals surface area contributed by atoms with Gasteiger partial charge in [0.1, 0.15) is 0 Å². The molecule has 1 aromatic carbocycles. The number of rotatable bonds is 2. The summed E-state index contributed by atoms with van der Waals surface area (Å²) in [6.07, 6.45) is 0. The number of aryl methyl sites for hydroxylation is 1. The molecule has 90 valence electrons. The second kappa shape index (κ2) is 5.44. The van der Waals surface area contributed by atoms with Crippen molar-refractivity contribution in [3.63, 3.8) is 0 Å². The van der Waals surface area contributed by atoms with Crippen LogP contribution in [0.5, 0.6) is 0 Å². The summed E-state index contributed by atoms with van der Waals surface area (Å²) in [5, 5.41) is 8.81. The van der Waals surface area contributed by atoms with Gasteiger partial charge >= 0.3 is 0 Å². The Morgan fingerprint density at radius 3 is 2.71 bits per heavy atom. The van der Waals surface area contributed by atoms with E-state index in [0.717, 1.165) is 36.7 Å². The molecule has 0 aliphatic carbocycles. The molecule has 0 atom stereocenters. The summed E-state index contributed by atoms with van der Waals surface area (Å²) in [5.74, 6) is 1.57. The minimum atomic E-state index is -0.614. The van der Waals surface area contributed by atoms with Crippen molar-refractivity contribution in [2.24, 2.45) is 0 Å². The van der Waals surface area contributed by atoms with Crippen LogP contribution in [0.25, 0.3) is 0 Å². The molecule has 0 aromatic heterocycles. The lowest BCUT2D eigenvalue weighted by Gasteiger charge is -2.26. The van der Waals surface area contributed by atoms with Crippen LogP contribution >= 0.6 is 0 Å². The van der Waals surface area contributed by atoms with Crippen molar-refractivity contribution in [2.75, 3.05) is 24.6 Å². The van der Waals surface area contributed by atoms with Gasteiger partial charge in [-0.25, -0.2) is 0 Å². The highest BCUT2D eigenvalue weighted by Gasteiger charge is 2.15. The molecule has 17 heavy (non-hydrogen) atoms. The third-order valence-corrected chi connectivity index (χ3v) is 4.41. The number of nitrogens with zero attached hydrogens (tertiary/aromatic N) is 2. The minimum Gasteiger partial charge on any atom is -0.297 e. The Morgan fingerprint density at radius 2 is 2.12 bits per heavy atom. The molecule has 1 aliphatic heterocycles. The van der Waals surface area contributed by atoms with Crippen molar-refractivity contribution < 1.29 is 4.21 Å². The van der Waals surface area contributed by atoms with E-state index in [2.05, 4.69) is 11.0 Å². The van der Waals surface area contributed by atoms with Crippen LogP contribution in [-0.4, -0.2) is 33.7 Å². The molecule has 1 fully saturated rings. The maximum atomic E-state index is 11.3. The second-order valence-corrected chi connectivity index (χ2v) is 6.07. The van der Waals surface area contributed by atoms with Crippen LogP contribution in [0, 0.1) is 18.3 Å². The van der Waals surface area contributed by atoms with Crippen molar-refractivity contribution in [3.8, 4) is 6.07 Å². The molecule has 0 unspecified atom stereocenters. The van der Waals surface area contributed by atoms with E-state index in [-0.39, 0.29) is 0 Å². The zero-order chi connectivity index (χ0) is 12.3. The normalized spacial score (nSPS) is 17.9. The zero-order valence-electron chi connectivity index (χ0n) is 9.98. The van der Waals surface area contributed by atoms with E-state index in [1.54, 1.807) is 0 Å². The van der Waals surface area contributed by atoms with Crippen molar-refractivity contribution in [2.45, 2.75) is 13.5 Å². The van der Waals surface area contributed by atoms with Gasteiger partial charge in [-0.3, -0.25) is 9.11 Å². The summed E-state index contributed by atoms with van der Waals surface area (Å²) in [7, 11) is -0.614. The van der Waals surface area contributed by atoms with Gasteiger partial charge in [-0.2, -0.15) is 5.26 Å². The molecule has 0 N–H and O–H groups in total. The quantitative estimate of drug-likeness (QED) is 0.795. The van der Waals surface area contributed by atoms with E-state index in [1.807, 2.05) is 25.1 Å². The summed E-state index contributed by atoms with van der Waals surface area (Å²) in [4.78, 5) is 2.33. The van der Waals surface area contributed by atoms with Crippen LogP contribution < -0.4 is 0 Å². The average molecular weight is 248 g/mol. The molecule has 0 amide bonds. The van der Waals surface area contributed by atoms with E-state index in [0.29, 0.717) is 5.56 Å². The van der Waals surface area contributed by atoms with Gasteiger partial charge in [0.25, 0.3) is 0 Å². The van der Waals surface area contributed by atoms with E-state index >= 15 is 0 Å². The first-order valence-corrected chi connectivity index (χ1v) is 7.25. The molecule has 0 spiro atoms. The maximum Gasteiger partial charge on any atom is 0.0991 e.